The van der Waals surface area contributed by atoms with E-state index in [4.69, 9.17) is 9.47 Å². The molecule has 31 heavy (non-hydrogen) atoms. The zero-order valence-electron chi connectivity index (χ0n) is 17.5. The summed E-state index contributed by atoms with van der Waals surface area (Å²) in [5, 5.41) is 0. The van der Waals surface area contributed by atoms with Gasteiger partial charge in [0.05, 0.1) is 29.5 Å². The number of esters is 2. The molecule has 0 aliphatic heterocycles. The molecule has 8 heteroatoms. The van der Waals surface area contributed by atoms with E-state index in [1.807, 2.05) is 30.3 Å². The number of benzene rings is 2. The van der Waals surface area contributed by atoms with Crippen LogP contribution in [0.15, 0.2) is 53.5 Å². The summed E-state index contributed by atoms with van der Waals surface area (Å²) >= 11 is 1.24. The van der Waals surface area contributed by atoms with Gasteiger partial charge in [0.2, 0.25) is 5.91 Å². The minimum atomic E-state index is -0.452. The summed E-state index contributed by atoms with van der Waals surface area (Å²) in [6.45, 7) is 1.94. The summed E-state index contributed by atoms with van der Waals surface area (Å²) in [4.78, 5) is 41.1. The maximum atomic E-state index is 12.5. The fraction of sp³-hybridized carbons (Fsp3) is 0.304. The second kappa shape index (κ2) is 10.7. The maximum absolute atomic E-state index is 12.5. The lowest BCUT2D eigenvalue weighted by Crippen LogP contribution is -2.22. The minimum Gasteiger partial charge on any atom is -0.468 e. The van der Waals surface area contributed by atoms with Crippen molar-refractivity contribution >= 4 is 39.4 Å². The third-order valence-electron chi connectivity index (χ3n) is 4.63. The Morgan fingerprint density at radius 1 is 1.10 bits per heavy atom. The Kier molecular flexibility index (Phi) is 7.72. The molecule has 162 valence electrons. The van der Waals surface area contributed by atoms with Crippen LogP contribution < -0.4 is 4.80 Å². The van der Waals surface area contributed by atoms with Crippen molar-refractivity contribution in [2.75, 3.05) is 13.7 Å². The van der Waals surface area contributed by atoms with Gasteiger partial charge in [0.25, 0.3) is 0 Å². The smallest absolute Gasteiger partial charge is 0.338 e. The molecule has 0 bridgehead atoms. The topological polar surface area (TPSA) is 87.0 Å². The van der Waals surface area contributed by atoms with Crippen molar-refractivity contribution in [1.82, 2.24) is 4.57 Å². The molecule has 0 unspecified atom stereocenters. The van der Waals surface area contributed by atoms with E-state index in [9.17, 15) is 14.4 Å². The van der Waals surface area contributed by atoms with Gasteiger partial charge < -0.3 is 14.0 Å². The van der Waals surface area contributed by atoms with E-state index in [0.717, 1.165) is 11.1 Å². The highest BCUT2D eigenvalue weighted by molar-refractivity contribution is 7.16. The average Bonchev–Trinajstić information content (AvgIpc) is 3.10. The number of ether oxygens (including phenoxy) is 2. The van der Waals surface area contributed by atoms with Gasteiger partial charge in [-0.1, -0.05) is 41.7 Å². The molecule has 0 N–H and O–H groups in total. The van der Waals surface area contributed by atoms with Gasteiger partial charge in [-0.05, 0) is 43.5 Å². The van der Waals surface area contributed by atoms with Gasteiger partial charge in [0.15, 0.2) is 4.80 Å². The number of carbonyl (C=O) groups excluding carboxylic acids is 3. The molecule has 0 radical (unpaired) electrons. The second-order valence-corrected chi connectivity index (χ2v) is 7.80. The van der Waals surface area contributed by atoms with E-state index < -0.39 is 11.9 Å². The third kappa shape index (κ3) is 5.88. The number of methoxy groups -OCH3 is 1. The lowest BCUT2D eigenvalue weighted by molar-refractivity contribution is -0.141. The maximum Gasteiger partial charge on any atom is 0.338 e. The normalized spacial score (nSPS) is 11.5. The number of nitrogens with zero attached hydrogens (tertiary/aromatic N) is 2. The van der Waals surface area contributed by atoms with Crippen molar-refractivity contribution in [2.45, 2.75) is 32.7 Å². The van der Waals surface area contributed by atoms with Crippen LogP contribution in [0.4, 0.5) is 0 Å². The second-order valence-electron chi connectivity index (χ2n) is 6.79. The summed E-state index contributed by atoms with van der Waals surface area (Å²) in [6, 6.07) is 15.0. The molecule has 1 heterocycles. The SMILES string of the molecule is CCOC(=O)c1ccc2c(c1)sc(=NC(=O)CCCc1ccccc1)n2CC(=O)OC. The van der Waals surface area contributed by atoms with E-state index in [1.54, 1.807) is 29.7 Å². The van der Waals surface area contributed by atoms with Gasteiger partial charge in [0, 0.05) is 6.42 Å². The lowest BCUT2D eigenvalue weighted by Gasteiger charge is -2.05. The van der Waals surface area contributed by atoms with E-state index in [1.165, 1.54) is 24.0 Å². The van der Waals surface area contributed by atoms with Crippen molar-refractivity contribution in [3.8, 4) is 0 Å². The van der Waals surface area contributed by atoms with Crippen LogP contribution in [0.3, 0.4) is 0 Å². The summed E-state index contributed by atoms with van der Waals surface area (Å²) in [6.07, 6.45) is 1.77. The van der Waals surface area contributed by atoms with Crippen molar-refractivity contribution in [2.24, 2.45) is 4.99 Å². The first-order valence-electron chi connectivity index (χ1n) is 10.0. The summed E-state index contributed by atoms with van der Waals surface area (Å²) in [5.41, 5.74) is 2.27. The minimum absolute atomic E-state index is 0.0780. The molecule has 0 spiro atoms. The standard InChI is InChI=1S/C23H24N2O5S/c1-3-30-22(28)17-12-13-18-19(14-17)31-23(25(18)15-21(27)29-2)24-20(26)11-7-10-16-8-5-4-6-9-16/h4-6,8-9,12-14H,3,7,10-11,15H2,1-2H3. The van der Waals surface area contributed by atoms with Crippen LogP contribution in [-0.4, -0.2) is 36.1 Å². The molecule has 3 rings (SSSR count). The highest BCUT2D eigenvalue weighted by Gasteiger charge is 2.14. The Morgan fingerprint density at radius 2 is 1.87 bits per heavy atom. The van der Waals surface area contributed by atoms with Crippen LogP contribution in [0, 0.1) is 0 Å². The lowest BCUT2D eigenvalue weighted by atomic mass is 10.1. The van der Waals surface area contributed by atoms with Crippen LogP contribution in [0.2, 0.25) is 0 Å². The third-order valence-corrected chi connectivity index (χ3v) is 5.67. The van der Waals surface area contributed by atoms with Gasteiger partial charge >= 0.3 is 11.9 Å². The molecule has 0 saturated carbocycles. The Balaban J connectivity index is 1.87. The number of aromatic nitrogens is 1. The number of carbonyl (C=O) groups is 3. The van der Waals surface area contributed by atoms with Crippen molar-refractivity contribution in [3.63, 3.8) is 0 Å². The fourth-order valence-corrected chi connectivity index (χ4v) is 4.18. The Labute approximate surface area is 183 Å². The van der Waals surface area contributed by atoms with Gasteiger partial charge in [0.1, 0.15) is 6.54 Å². The van der Waals surface area contributed by atoms with Crippen LogP contribution in [0.5, 0.6) is 0 Å². The molecular weight excluding hydrogens is 416 g/mol. The van der Waals surface area contributed by atoms with E-state index in [2.05, 4.69) is 4.99 Å². The number of amides is 1. The highest BCUT2D eigenvalue weighted by atomic mass is 32.1. The first kappa shape index (κ1) is 22.4. The number of hydrogen-bond donors (Lipinski definition) is 0. The van der Waals surface area contributed by atoms with Gasteiger partial charge in [-0.15, -0.1) is 0 Å². The summed E-state index contributed by atoms with van der Waals surface area (Å²) < 4.78 is 12.2. The zero-order chi connectivity index (χ0) is 22.2. The Hall–Kier alpha value is -3.26. The number of aryl methyl sites for hydroxylation is 1. The Bertz CT molecular complexity index is 1150. The van der Waals surface area contributed by atoms with E-state index in [0.29, 0.717) is 28.7 Å². The molecule has 1 aromatic heterocycles. The quantitative estimate of drug-likeness (QED) is 0.501. The molecule has 0 saturated heterocycles. The average molecular weight is 441 g/mol. The van der Waals surface area contributed by atoms with Crippen molar-refractivity contribution in [3.05, 3.63) is 64.5 Å². The van der Waals surface area contributed by atoms with Crippen LogP contribution >= 0.6 is 11.3 Å². The molecule has 0 atom stereocenters. The largest absolute Gasteiger partial charge is 0.468 e. The van der Waals surface area contributed by atoms with Gasteiger partial charge in [-0.3, -0.25) is 9.59 Å². The first-order valence-corrected chi connectivity index (χ1v) is 10.8. The summed E-state index contributed by atoms with van der Waals surface area (Å²) in [7, 11) is 1.31. The molecular formula is C23H24N2O5S. The highest BCUT2D eigenvalue weighted by Crippen LogP contribution is 2.20. The van der Waals surface area contributed by atoms with Crippen LogP contribution in [-0.2, 0) is 32.0 Å². The molecule has 0 aliphatic rings. The summed E-state index contributed by atoms with van der Waals surface area (Å²) in [5.74, 6) is -1.13. The fourth-order valence-electron chi connectivity index (χ4n) is 3.10. The number of rotatable bonds is 8. The Morgan fingerprint density at radius 3 is 2.58 bits per heavy atom. The molecule has 0 aliphatic carbocycles. The van der Waals surface area contributed by atoms with Crippen LogP contribution in [0.1, 0.15) is 35.7 Å². The monoisotopic (exact) mass is 440 g/mol. The number of hydrogen-bond acceptors (Lipinski definition) is 6. The van der Waals surface area contributed by atoms with E-state index >= 15 is 0 Å². The van der Waals surface area contributed by atoms with E-state index in [-0.39, 0.29) is 19.1 Å². The van der Waals surface area contributed by atoms with Gasteiger partial charge in [-0.25, -0.2) is 4.79 Å². The zero-order valence-corrected chi connectivity index (χ0v) is 18.3. The molecule has 7 nitrogen and oxygen atoms in total. The molecule has 0 fully saturated rings. The van der Waals surface area contributed by atoms with Gasteiger partial charge in [-0.2, -0.15) is 4.99 Å². The number of thiazole rings is 1. The molecule has 2 aromatic carbocycles. The number of fused-ring (bicyclic) bond motifs is 1. The molecule has 1 amide bonds. The predicted molar refractivity (Wildman–Crippen MR) is 118 cm³/mol. The first-order chi connectivity index (χ1) is 15.0. The van der Waals surface area contributed by atoms with Crippen molar-refractivity contribution < 1.29 is 23.9 Å². The van der Waals surface area contributed by atoms with Crippen molar-refractivity contribution in [1.29, 1.82) is 0 Å². The van der Waals surface area contributed by atoms with Crippen LogP contribution in [0.25, 0.3) is 10.2 Å². The predicted octanol–water partition coefficient (Wildman–Crippen LogP) is 3.50. The molecule has 3 aromatic rings.